The second-order valence-electron chi connectivity index (χ2n) is 9.56. The van der Waals surface area contributed by atoms with Gasteiger partial charge in [-0.25, -0.2) is 21.9 Å². The van der Waals surface area contributed by atoms with Crippen LogP contribution < -0.4 is 4.72 Å². The van der Waals surface area contributed by atoms with E-state index in [-0.39, 0.29) is 18.9 Å². The van der Waals surface area contributed by atoms with Gasteiger partial charge in [-0.15, -0.1) is 0 Å². The smallest absolute Gasteiger partial charge is 0.229 e. The highest BCUT2D eigenvalue weighted by molar-refractivity contribution is 7.88. The molecule has 1 saturated heterocycles. The number of amides is 1. The van der Waals surface area contributed by atoms with Gasteiger partial charge >= 0.3 is 0 Å². The normalized spacial score (nSPS) is 31.2. The monoisotopic (exact) mass is 460 g/mol. The minimum atomic E-state index is -3.71. The van der Waals surface area contributed by atoms with Gasteiger partial charge in [-0.05, 0) is 42.7 Å². The molecular weight excluding hydrogens is 434 g/mol. The van der Waals surface area contributed by atoms with Crippen molar-refractivity contribution in [3.8, 4) is 11.1 Å². The molecule has 0 unspecified atom stereocenters. The zero-order valence-corrected chi connectivity index (χ0v) is 18.6. The molecular formula is C24H26F2N2O3S. The van der Waals surface area contributed by atoms with Crippen LogP contribution in [0.4, 0.5) is 8.78 Å². The lowest BCUT2D eigenvalue weighted by molar-refractivity contribution is -0.178. The van der Waals surface area contributed by atoms with Crippen molar-refractivity contribution < 1.29 is 22.0 Å². The van der Waals surface area contributed by atoms with Gasteiger partial charge in [-0.1, -0.05) is 48.5 Å². The summed E-state index contributed by atoms with van der Waals surface area (Å²) < 4.78 is 56.8. The molecule has 8 heteroatoms. The molecule has 2 aromatic rings. The lowest BCUT2D eigenvalue weighted by atomic mass is 9.44. The number of hydrogen-bond donors (Lipinski definition) is 1. The zero-order valence-electron chi connectivity index (χ0n) is 17.8. The molecule has 32 heavy (non-hydrogen) atoms. The molecule has 1 aliphatic heterocycles. The maximum Gasteiger partial charge on any atom is 0.229 e. The number of sulfonamides is 1. The van der Waals surface area contributed by atoms with E-state index in [9.17, 15) is 13.2 Å². The van der Waals surface area contributed by atoms with Crippen molar-refractivity contribution in [2.75, 3.05) is 12.8 Å². The highest BCUT2D eigenvalue weighted by Crippen LogP contribution is 2.65. The van der Waals surface area contributed by atoms with Crippen molar-refractivity contribution in [3.05, 3.63) is 59.9 Å². The van der Waals surface area contributed by atoms with E-state index in [2.05, 4.69) is 4.72 Å². The molecule has 1 N–H and O–H groups in total. The van der Waals surface area contributed by atoms with Crippen LogP contribution in [-0.4, -0.2) is 50.3 Å². The third kappa shape index (κ3) is 3.63. The molecule has 0 aromatic heterocycles. The number of carbonyl (C=O) groups is 1. The maximum atomic E-state index is 15.5. The zero-order chi connectivity index (χ0) is 22.7. The van der Waals surface area contributed by atoms with Crippen molar-refractivity contribution in [1.82, 2.24) is 9.62 Å². The highest BCUT2D eigenvalue weighted by atomic mass is 32.2. The van der Waals surface area contributed by atoms with Crippen LogP contribution in [0, 0.1) is 17.2 Å². The first-order valence-corrected chi connectivity index (χ1v) is 12.8. The van der Waals surface area contributed by atoms with Gasteiger partial charge in [0.2, 0.25) is 15.9 Å². The molecule has 3 saturated carbocycles. The molecule has 1 heterocycles. The Bertz CT molecular complexity index is 1140. The van der Waals surface area contributed by atoms with Crippen LogP contribution in [0.15, 0.2) is 48.5 Å². The van der Waals surface area contributed by atoms with E-state index in [1.54, 1.807) is 18.2 Å². The Hall–Kier alpha value is -2.32. The van der Waals surface area contributed by atoms with Crippen LogP contribution in [0.2, 0.25) is 0 Å². The third-order valence-electron chi connectivity index (χ3n) is 7.27. The lowest BCUT2D eigenvalue weighted by Crippen LogP contribution is -2.62. The summed E-state index contributed by atoms with van der Waals surface area (Å²) in [7, 11) is -3.71. The number of alkyl halides is 1. The van der Waals surface area contributed by atoms with E-state index < -0.39 is 39.5 Å². The molecule has 3 aliphatic carbocycles. The maximum absolute atomic E-state index is 15.5. The molecule has 0 spiro atoms. The fraction of sp³-hybridized carbons (Fsp3) is 0.458. The molecule has 2 bridgehead atoms. The number of benzene rings is 2. The standard InChI is InChI=1S/C24H26F2N2O3S/c1-32(30,31)27-22-19(25)14-28(23(29)24-11-15(12-24)13-24)20(22)10-17-8-5-9-18(21(17)26)16-6-3-2-4-7-16/h2-9,15,19-20,22,27H,10-14H2,1H3/t15?,19-,20-,22-,24?/m0/s1. The quantitative estimate of drug-likeness (QED) is 0.719. The first-order valence-electron chi connectivity index (χ1n) is 10.9. The molecule has 5 nitrogen and oxygen atoms in total. The number of nitrogens with one attached hydrogen (secondary N) is 1. The number of likely N-dealkylation sites (tertiary alicyclic amines) is 1. The molecule has 6 rings (SSSR count). The largest absolute Gasteiger partial charge is 0.334 e. The van der Waals surface area contributed by atoms with E-state index in [1.165, 1.54) is 4.90 Å². The summed E-state index contributed by atoms with van der Waals surface area (Å²) in [6.07, 6.45) is 1.90. The van der Waals surface area contributed by atoms with Gasteiger partial charge in [-0.2, -0.15) is 0 Å². The lowest BCUT2D eigenvalue weighted by Gasteiger charge is -2.61. The van der Waals surface area contributed by atoms with Gasteiger partial charge in [0.1, 0.15) is 12.0 Å². The van der Waals surface area contributed by atoms with Crippen LogP contribution >= 0.6 is 0 Å². The summed E-state index contributed by atoms with van der Waals surface area (Å²) in [5.41, 5.74) is 1.05. The summed E-state index contributed by atoms with van der Waals surface area (Å²) >= 11 is 0. The molecule has 3 atom stereocenters. The molecule has 170 valence electrons. The molecule has 1 amide bonds. The first-order chi connectivity index (χ1) is 15.2. The first kappa shape index (κ1) is 21.5. The van der Waals surface area contributed by atoms with Crippen molar-refractivity contribution in [2.24, 2.45) is 11.3 Å². The van der Waals surface area contributed by atoms with Gasteiger partial charge in [0.25, 0.3) is 0 Å². The summed E-state index contributed by atoms with van der Waals surface area (Å²) in [6, 6.07) is 12.2. The van der Waals surface area contributed by atoms with Crippen LogP contribution in [-0.2, 0) is 21.2 Å². The number of hydrogen-bond acceptors (Lipinski definition) is 3. The van der Waals surface area contributed by atoms with Gasteiger partial charge in [0.15, 0.2) is 0 Å². The second kappa shape index (κ2) is 7.63. The van der Waals surface area contributed by atoms with Crippen LogP contribution in [0.1, 0.15) is 24.8 Å². The average molecular weight is 461 g/mol. The summed E-state index contributed by atoms with van der Waals surface area (Å²) in [6.45, 7) is -0.177. The minimum Gasteiger partial charge on any atom is -0.334 e. The van der Waals surface area contributed by atoms with Gasteiger partial charge < -0.3 is 4.90 Å². The third-order valence-corrected chi connectivity index (χ3v) is 7.97. The van der Waals surface area contributed by atoms with Crippen LogP contribution in [0.5, 0.6) is 0 Å². The Morgan fingerprint density at radius 2 is 1.81 bits per heavy atom. The van der Waals surface area contributed by atoms with E-state index in [0.717, 1.165) is 25.5 Å². The predicted octanol–water partition coefficient (Wildman–Crippen LogP) is 3.30. The molecule has 4 aliphatic rings. The summed E-state index contributed by atoms with van der Waals surface area (Å²) in [5, 5.41) is 0. The fourth-order valence-electron chi connectivity index (χ4n) is 5.59. The highest BCUT2D eigenvalue weighted by Gasteiger charge is 2.64. The van der Waals surface area contributed by atoms with Crippen molar-refractivity contribution in [1.29, 1.82) is 0 Å². The molecule has 4 fully saturated rings. The van der Waals surface area contributed by atoms with Crippen molar-refractivity contribution >= 4 is 15.9 Å². The second-order valence-corrected chi connectivity index (χ2v) is 11.3. The van der Waals surface area contributed by atoms with E-state index in [0.29, 0.717) is 22.6 Å². The predicted molar refractivity (Wildman–Crippen MR) is 117 cm³/mol. The topological polar surface area (TPSA) is 66.5 Å². The minimum absolute atomic E-state index is 0.0331. The molecule has 2 aromatic carbocycles. The van der Waals surface area contributed by atoms with E-state index in [4.69, 9.17) is 0 Å². The van der Waals surface area contributed by atoms with E-state index >= 15 is 8.78 Å². The van der Waals surface area contributed by atoms with Crippen LogP contribution in [0.3, 0.4) is 0 Å². The number of nitrogens with zero attached hydrogens (tertiary/aromatic N) is 1. The Balaban J connectivity index is 1.48. The fourth-order valence-corrected chi connectivity index (χ4v) is 6.39. The van der Waals surface area contributed by atoms with Gasteiger partial charge in [0.05, 0.1) is 30.3 Å². The summed E-state index contributed by atoms with van der Waals surface area (Å²) in [5.74, 6) is 0.0215. The van der Waals surface area contributed by atoms with Crippen molar-refractivity contribution in [2.45, 2.75) is 43.9 Å². The SMILES string of the molecule is CS(=O)(=O)N[C@H]1[C@@H](F)CN(C(=O)C23CC(C2)C3)[C@H]1Cc1cccc(-c2ccccc2)c1F. The number of halogens is 2. The van der Waals surface area contributed by atoms with E-state index in [1.807, 2.05) is 30.3 Å². The average Bonchev–Trinajstić information content (AvgIpc) is 2.96. The molecule has 0 radical (unpaired) electrons. The summed E-state index contributed by atoms with van der Waals surface area (Å²) in [4.78, 5) is 14.8. The Labute approximate surface area is 186 Å². The van der Waals surface area contributed by atoms with Crippen LogP contribution in [0.25, 0.3) is 11.1 Å². The number of rotatable bonds is 6. The number of carbonyl (C=O) groups excluding carboxylic acids is 1. The van der Waals surface area contributed by atoms with Crippen molar-refractivity contribution in [3.63, 3.8) is 0 Å². The Morgan fingerprint density at radius 1 is 1.12 bits per heavy atom. The van der Waals surface area contributed by atoms with Gasteiger partial charge in [-0.3, -0.25) is 4.79 Å². The Kier molecular flexibility index (Phi) is 5.13. The van der Waals surface area contributed by atoms with Gasteiger partial charge in [0, 0.05) is 5.56 Å². The Morgan fingerprint density at radius 3 is 2.41 bits per heavy atom.